The molecule has 0 aliphatic heterocycles. The van der Waals surface area contributed by atoms with E-state index < -0.39 is 11.4 Å². The Kier molecular flexibility index (Phi) is 4.89. The number of carboxylic acid groups (broad SMARTS) is 1. The van der Waals surface area contributed by atoms with Crippen LogP contribution in [0.15, 0.2) is 12.3 Å². The van der Waals surface area contributed by atoms with Crippen molar-refractivity contribution in [2.24, 2.45) is 5.41 Å². The smallest absolute Gasteiger partial charge is 0.303 e. The molecule has 6 heteroatoms. The Labute approximate surface area is 117 Å². The summed E-state index contributed by atoms with van der Waals surface area (Å²) in [6.07, 6.45) is 1.59. The molecular formula is C13H17ClN2O3. The number of carbonyl (C=O) groups excluding carboxylic acids is 1. The number of aliphatic carboxylic acids is 1. The van der Waals surface area contributed by atoms with E-state index in [-0.39, 0.29) is 23.9 Å². The molecule has 1 aromatic heterocycles. The van der Waals surface area contributed by atoms with Crippen molar-refractivity contribution < 1.29 is 14.7 Å². The molecule has 1 amide bonds. The summed E-state index contributed by atoms with van der Waals surface area (Å²) in [6, 6.07) is 1.74. The lowest BCUT2D eigenvalue weighted by molar-refractivity contribution is -0.139. The standard InChI is InChI=1S/C13H17ClN2O3/c1-8-4-5-15-12(14)11(8)16-9(17)6-13(2,3)7-10(18)19/h4-5H,6-7H2,1-3H3,(H,16,17)(H,18,19). The third-order valence-corrected chi connectivity index (χ3v) is 2.93. The summed E-state index contributed by atoms with van der Waals surface area (Å²) >= 11 is 5.91. The number of pyridine rings is 1. The number of nitrogens with zero attached hydrogens (tertiary/aromatic N) is 1. The number of nitrogens with one attached hydrogen (secondary N) is 1. The van der Waals surface area contributed by atoms with E-state index in [1.807, 2.05) is 6.92 Å². The van der Waals surface area contributed by atoms with Gasteiger partial charge in [0.2, 0.25) is 5.91 Å². The monoisotopic (exact) mass is 284 g/mol. The van der Waals surface area contributed by atoms with Crippen molar-refractivity contribution in [1.29, 1.82) is 0 Å². The van der Waals surface area contributed by atoms with Crippen molar-refractivity contribution in [2.75, 3.05) is 5.32 Å². The summed E-state index contributed by atoms with van der Waals surface area (Å²) in [5, 5.41) is 11.7. The molecule has 5 nitrogen and oxygen atoms in total. The minimum absolute atomic E-state index is 0.0693. The van der Waals surface area contributed by atoms with Gasteiger partial charge >= 0.3 is 5.97 Å². The van der Waals surface area contributed by atoms with Gasteiger partial charge in [0.15, 0.2) is 5.15 Å². The predicted molar refractivity (Wildman–Crippen MR) is 73.3 cm³/mol. The Morgan fingerprint density at radius 2 is 2.05 bits per heavy atom. The zero-order valence-corrected chi connectivity index (χ0v) is 11.9. The van der Waals surface area contributed by atoms with Crippen LogP contribution in [0.3, 0.4) is 0 Å². The lowest BCUT2D eigenvalue weighted by atomic mass is 9.85. The van der Waals surface area contributed by atoms with E-state index in [0.29, 0.717) is 5.69 Å². The number of carbonyl (C=O) groups is 2. The van der Waals surface area contributed by atoms with Gasteiger partial charge in [0.05, 0.1) is 12.1 Å². The lowest BCUT2D eigenvalue weighted by Crippen LogP contribution is -2.25. The zero-order valence-electron chi connectivity index (χ0n) is 11.2. The molecule has 0 radical (unpaired) electrons. The molecule has 0 aliphatic carbocycles. The molecule has 0 bridgehead atoms. The first-order valence-electron chi connectivity index (χ1n) is 5.84. The summed E-state index contributed by atoms with van der Waals surface area (Å²) in [7, 11) is 0. The number of rotatable bonds is 5. The van der Waals surface area contributed by atoms with Gasteiger partial charge in [0.1, 0.15) is 0 Å². The first kappa shape index (κ1) is 15.4. The Balaban J connectivity index is 2.73. The minimum atomic E-state index is -0.923. The Morgan fingerprint density at radius 3 is 2.58 bits per heavy atom. The van der Waals surface area contributed by atoms with Crippen molar-refractivity contribution >= 4 is 29.2 Å². The van der Waals surface area contributed by atoms with Gasteiger partial charge in [-0.15, -0.1) is 0 Å². The van der Waals surface area contributed by atoms with Crippen LogP contribution in [0.5, 0.6) is 0 Å². The van der Waals surface area contributed by atoms with Crippen LogP contribution in [0.25, 0.3) is 0 Å². The van der Waals surface area contributed by atoms with Gasteiger partial charge in [-0.2, -0.15) is 0 Å². The molecule has 0 aliphatic rings. The van der Waals surface area contributed by atoms with Crippen molar-refractivity contribution in [1.82, 2.24) is 4.98 Å². The lowest BCUT2D eigenvalue weighted by Gasteiger charge is -2.21. The number of aromatic nitrogens is 1. The van der Waals surface area contributed by atoms with Crippen LogP contribution in [0.1, 0.15) is 32.3 Å². The molecule has 0 unspecified atom stereocenters. The average molecular weight is 285 g/mol. The molecule has 1 rings (SSSR count). The average Bonchev–Trinajstić information content (AvgIpc) is 2.20. The molecule has 1 heterocycles. The highest BCUT2D eigenvalue weighted by Gasteiger charge is 2.25. The van der Waals surface area contributed by atoms with Crippen LogP contribution in [-0.2, 0) is 9.59 Å². The third-order valence-electron chi connectivity index (χ3n) is 2.65. The van der Waals surface area contributed by atoms with E-state index in [0.717, 1.165) is 5.56 Å². The second kappa shape index (κ2) is 6.02. The maximum atomic E-state index is 11.9. The molecule has 104 valence electrons. The largest absolute Gasteiger partial charge is 0.481 e. The summed E-state index contributed by atoms with van der Waals surface area (Å²) < 4.78 is 0. The summed E-state index contributed by atoms with van der Waals surface area (Å²) in [5.41, 5.74) is 0.670. The molecule has 2 N–H and O–H groups in total. The Morgan fingerprint density at radius 1 is 1.42 bits per heavy atom. The number of carboxylic acids is 1. The van der Waals surface area contributed by atoms with E-state index in [1.54, 1.807) is 26.1 Å². The van der Waals surface area contributed by atoms with Gasteiger partial charge in [0.25, 0.3) is 0 Å². The van der Waals surface area contributed by atoms with Gasteiger partial charge in [-0.1, -0.05) is 25.4 Å². The second-order valence-corrected chi connectivity index (χ2v) is 5.61. The molecule has 1 aromatic rings. The molecule has 0 saturated carbocycles. The van der Waals surface area contributed by atoms with Gasteiger partial charge < -0.3 is 10.4 Å². The highest BCUT2D eigenvalue weighted by atomic mass is 35.5. The number of halogens is 1. The van der Waals surface area contributed by atoms with Gasteiger partial charge in [-0.25, -0.2) is 4.98 Å². The number of aryl methyl sites for hydroxylation is 1. The number of anilines is 1. The molecule has 19 heavy (non-hydrogen) atoms. The molecule has 0 spiro atoms. The van der Waals surface area contributed by atoms with Crippen LogP contribution in [-0.4, -0.2) is 22.0 Å². The number of hydrogen-bond donors (Lipinski definition) is 2. The fourth-order valence-corrected chi connectivity index (χ4v) is 2.02. The summed E-state index contributed by atoms with van der Waals surface area (Å²) in [4.78, 5) is 26.5. The van der Waals surface area contributed by atoms with Gasteiger partial charge in [-0.05, 0) is 24.0 Å². The molecule has 0 saturated heterocycles. The molecule has 0 atom stereocenters. The summed E-state index contributed by atoms with van der Waals surface area (Å²) in [5.74, 6) is -1.20. The SMILES string of the molecule is Cc1ccnc(Cl)c1NC(=O)CC(C)(C)CC(=O)O. The fourth-order valence-electron chi connectivity index (χ4n) is 1.77. The van der Waals surface area contributed by atoms with Crippen LogP contribution < -0.4 is 5.32 Å². The highest BCUT2D eigenvalue weighted by molar-refractivity contribution is 6.32. The number of hydrogen-bond acceptors (Lipinski definition) is 3. The van der Waals surface area contributed by atoms with Crippen molar-refractivity contribution in [3.8, 4) is 0 Å². The van der Waals surface area contributed by atoms with Crippen LogP contribution in [0.4, 0.5) is 5.69 Å². The van der Waals surface area contributed by atoms with Crippen LogP contribution in [0, 0.1) is 12.3 Å². The van der Waals surface area contributed by atoms with E-state index in [2.05, 4.69) is 10.3 Å². The quantitative estimate of drug-likeness (QED) is 0.815. The normalized spacial score (nSPS) is 11.2. The molecule has 0 aromatic carbocycles. The van der Waals surface area contributed by atoms with E-state index in [9.17, 15) is 9.59 Å². The predicted octanol–water partition coefficient (Wildman–Crippen LogP) is 2.87. The first-order valence-corrected chi connectivity index (χ1v) is 6.22. The Bertz CT molecular complexity index is 480. The van der Waals surface area contributed by atoms with Crippen LogP contribution in [0.2, 0.25) is 5.15 Å². The molecular weight excluding hydrogens is 268 g/mol. The van der Waals surface area contributed by atoms with Crippen molar-refractivity contribution in [2.45, 2.75) is 33.6 Å². The Hall–Kier alpha value is -1.62. The minimum Gasteiger partial charge on any atom is -0.481 e. The van der Waals surface area contributed by atoms with Gasteiger partial charge in [-0.3, -0.25) is 9.59 Å². The van der Waals surface area contributed by atoms with Crippen molar-refractivity contribution in [3.05, 3.63) is 23.0 Å². The maximum Gasteiger partial charge on any atom is 0.303 e. The van der Waals surface area contributed by atoms with E-state index in [4.69, 9.17) is 16.7 Å². The topological polar surface area (TPSA) is 79.3 Å². The third kappa shape index (κ3) is 4.87. The summed E-state index contributed by atoms with van der Waals surface area (Å²) in [6.45, 7) is 5.28. The van der Waals surface area contributed by atoms with E-state index >= 15 is 0 Å². The van der Waals surface area contributed by atoms with Crippen LogP contribution >= 0.6 is 11.6 Å². The number of amides is 1. The van der Waals surface area contributed by atoms with E-state index in [1.165, 1.54) is 0 Å². The zero-order chi connectivity index (χ0) is 14.6. The second-order valence-electron chi connectivity index (χ2n) is 5.25. The first-order chi connectivity index (χ1) is 8.71. The van der Waals surface area contributed by atoms with Gasteiger partial charge in [0, 0.05) is 12.6 Å². The highest BCUT2D eigenvalue weighted by Crippen LogP contribution is 2.27. The maximum absolute atomic E-state index is 11.9. The van der Waals surface area contributed by atoms with Crippen molar-refractivity contribution in [3.63, 3.8) is 0 Å². The fraction of sp³-hybridized carbons (Fsp3) is 0.462. The molecule has 0 fully saturated rings.